The lowest BCUT2D eigenvalue weighted by Crippen LogP contribution is -2.25. The summed E-state index contributed by atoms with van der Waals surface area (Å²) in [5.74, 6) is 3.07. The summed E-state index contributed by atoms with van der Waals surface area (Å²) in [6.07, 6.45) is 0. The number of oxazole rings is 1. The van der Waals surface area contributed by atoms with E-state index in [0.717, 1.165) is 17.0 Å². The molecule has 2 aromatic heterocycles. The second-order valence-electron chi connectivity index (χ2n) is 7.79. The summed E-state index contributed by atoms with van der Waals surface area (Å²) in [5, 5.41) is 1.29. The Bertz CT molecular complexity index is 1340. The monoisotopic (exact) mass is 465 g/mol. The van der Waals surface area contributed by atoms with Crippen LogP contribution in [0.2, 0.25) is 0 Å². The fourth-order valence-electron chi connectivity index (χ4n) is 3.58. The minimum Gasteiger partial charge on any atom is -0.493 e. The number of aryl methyl sites for hydroxylation is 1. The van der Waals surface area contributed by atoms with E-state index >= 15 is 0 Å². The Morgan fingerprint density at radius 1 is 1.12 bits per heavy atom. The maximum absolute atomic E-state index is 13.0. The third-order valence-corrected chi connectivity index (χ3v) is 6.20. The van der Waals surface area contributed by atoms with Crippen molar-refractivity contribution >= 4 is 22.7 Å². The van der Waals surface area contributed by atoms with Gasteiger partial charge in [0, 0.05) is 17.4 Å². The molecule has 0 N–H and O–H groups in total. The van der Waals surface area contributed by atoms with E-state index in [-0.39, 0.29) is 11.6 Å². The highest BCUT2D eigenvalue weighted by Crippen LogP contribution is 2.34. The zero-order valence-electron chi connectivity index (χ0n) is 19.4. The van der Waals surface area contributed by atoms with Gasteiger partial charge in [-0.05, 0) is 58.0 Å². The minimum absolute atomic E-state index is 0.0117. The van der Waals surface area contributed by atoms with Crippen LogP contribution >= 0.6 is 11.8 Å². The van der Waals surface area contributed by atoms with Crippen molar-refractivity contribution in [3.05, 3.63) is 64.3 Å². The first-order chi connectivity index (χ1) is 15.9. The van der Waals surface area contributed by atoms with Crippen molar-refractivity contribution < 1.29 is 13.9 Å². The van der Waals surface area contributed by atoms with E-state index in [1.54, 1.807) is 11.7 Å². The molecule has 2 aromatic carbocycles. The van der Waals surface area contributed by atoms with Gasteiger partial charge in [-0.3, -0.25) is 9.36 Å². The average Bonchev–Trinajstić information content (AvgIpc) is 3.18. The fourth-order valence-corrected chi connectivity index (χ4v) is 4.71. The fraction of sp³-hybridized carbons (Fsp3) is 0.320. The topological polar surface area (TPSA) is 79.4 Å². The van der Waals surface area contributed by atoms with Crippen LogP contribution < -0.4 is 15.0 Å². The molecule has 0 bridgehead atoms. The molecule has 7 nitrogen and oxygen atoms in total. The molecule has 0 aliphatic rings. The molecule has 4 rings (SSSR count). The van der Waals surface area contributed by atoms with Gasteiger partial charge in [-0.15, -0.1) is 0 Å². The minimum atomic E-state index is -0.0304. The number of hydrogen-bond donors (Lipinski definition) is 0. The highest BCUT2D eigenvalue weighted by atomic mass is 32.2. The van der Waals surface area contributed by atoms with Crippen molar-refractivity contribution in [2.75, 3.05) is 13.7 Å². The number of hydrogen-bond acceptors (Lipinski definition) is 7. The van der Waals surface area contributed by atoms with Crippen molar-refractivity contribution in [1.29, 1.82) is 0 Å². The predicted molar refractivity (Wildman–Crippen MR) is 130 cm³/mol. The molecule has 33 heavy (non-hydrogen) atoms. The molecule has 0 spiro atoms. The molecule has 0 aliphatic heterocycles. The van der Waals surface area contributed by atoms with E-state index in [2.05, 4.69) is 0 Å². The molecular formula is C25H27N3O4S. The van der Waals surface area contributed by atoms with Crippen molar-refractivity contribution in [1.82, 2.24) is 14.5 Å². The summed E-state index contributed by atoms with van der Waals surface area (Å²) in [6.45, 7) is 8.35. The van der Waals surface area contributed by atoms with Gasteiger partial charge in [0.15, 0.2) is 16.7 Å². The lowest BCUT2D eigenvalue weighted by Gasteiger charge is -2.15. The van der Waals surface area contributed by atoms with Crippen LogP contribution in [0, 0.1) is 6.92 Å². The summed E-state index contributed by atoms with van der Waals surface area (Å²) in [7, 11) is 1.61. The first-order valence-electron chi connectivity index (χ1n) is 10.8. The van der Waals surface area contributed by atoms with Crippen LogP contribution in [0.1, 0.15) is 38.3 Å². The molecule has 0 atom stereocenters. The van der Waals surface area contributed by atoms with Gasteiger partial charge >= 0.3 is 0 Å². The Balaban J connectivity index is 1.63. The predicted octanol–water partition coefficient (Wildman–Crippen LogP) is 5.64. The lowest BCUT2D eigenvalue weighted by molar-refractivity contribution is 0.311. The van der Waals surface area contributed by atoms with Crippen LogP contribution in [0.3, 0.4) is 0 Å². The molecule has 2 heterocycles. The second kappa shape index (κ2) is 9.70. The van der Waals surface area contributed by atoms with Crippen LogP contribution in [0.15, 0.2) is 56.8 Å². The van der Waals surface area contributed by atoms with Gasteiger partial charge in [-0.1, -0.05) is 23.9 Å². The number of aromatic nitrogens is 3. The van der Waals surface area contributed by atoms with Crippen LogP contribution in [-0.4, -0.2) is 28.3 Å². The molecule has 0 aliphatic carbocycles. The zero-order chi connectivity index (χ0) is 23.5. The number of ether oxygens (including phenoxy) is 2. The molecule has 0 amide bonds. The summed E-state index contributed by atoms with van der Waals surface area (Å²) < 4.78 is 18.7. The smallest absolute Gasteiger partial charge is 0.262 e. The SMILES string of the molecule is CCOc1ccc(-c2nc(CSc3nc4ccccc4c(=O)n3C(C)C)c(C)o2)cc1OC. The number of para-hydroxylation sites is 1. The number of fused-ring (bicyclic) bond motifs is 1. The Hall–Kier alpha value is -3.26. The molecule has 4 aromatic rings. The maximum Gasteiger partial charge on any atom is 0.262 e. The summed E-state index contributed by atoms with van der Waals surface area (Å²) in [4.78, 5) is 22.5. The molecule has 0 saturated heterocycles. The van der Waals surface area contributed by atoms with Crippen LogP contribution in [-0.2, 0) is 5.75 Å². The largest absolute Gasteiger partial charge is 0.493 e. The molecule has 0 radical (unpaired) electrons. The van der Waals surface area contributed by atoms with E-state index in [0.29, 0.717) is 45.8 Å². The Kier molecular flexibility index (Phi) is 6.74. The zero-order valence-corrected chi connectivity index (χ0v) is 20.2. The van der Waals surface area contributed by atoms with Gasteiger partial charge in [0.05, 0.1) is 30.3 Å². The summed E-state index contributed by atoms with van der Waals surface area (Å²) >= 11 is 1.48. The van der Waals surface area contributed by atoms with Crippen molar-refractivity contribution in [2.45, 2.75) is 44.6 Å². The highest BCUT2D eigenvalue weighted by Gasteiger charge is 2.18. The number of nitrogens with zero attached hydrogens (tertiary/aromatic N) is 3. The molecule has 0 saturated carbocycles. The van der Waals surface area contributed by atoms with Gasteiger partial charge < -0.3 is 13.9 Å². The molecule has 8 heteroatoms. The van der Waals surface area contributed by atoms with Crippen molar-refractivity contribution in [3.63, 3.8) is 0 Å². The first kappa shape index (κ1) is 22.9. The lowest BCUT2D eigenvalue weighted by atomic mass is 10.2. The molecule has 172 valence electrons. The van der Waals surface area contributed by atoms with Gasteiger partial charge in [-0.2, -0.15) is 0 Å². The molecule has 0 fully saturated rings. The van der Waals surface area contributed by atoms with E-state index in [9.17, 15) is 4.79 Å². The Labute approximate surface area is 196 Å². The average molecular weight is 466 g/mol. The third kappa shape index (κ3) is 4.61. The third-order valence-electron chi connectivity index (χ3n) is 5.23. The second-order valence-corrected chi connectivity index (χ2v) is 8.73. The van der Waals surface area contributed by atoms with E-state index < -0.39 is 0 Å². The van der Waals surface area contributed by atoms with Gasteiger partial charge in [-0.25, -0.2) is 9.97 Å². The first-order valence-corrected chi connectivity index (χ1v) is 11.8. The van der Waals surface area contributed by atoms with E-state index in [4.69, 9.17) is 23.9 Å². The summed E-state index contributed by atoms with van der Waals surface area (Å²) in [6, 6.07) is 13.0. The number of thioether (sulfide) groups is 1. The van der Waals surface area contributed by atoms with Crippen molar-refractivity contribution in [3.8, 4) is 23.0 Å². The normalized spacial score (nSPS) is 11.3. The van der Waals surface area contributed by atoms with Gasteiger partial charge in [0.2, 0.25) is 5.89 Å². The summed E-state index contributed by atoms with van der Waals surface area (Å²) in [5.41, 5.74) is 2.27. The van der Waals surface area contributed by atoms with Gasteiger partial charge in [0.1, 0.15) is 5.76 Å². The number of methoxy groups -OCH3 is 1. The number of benzene rings is 2. The standard InChI is InChI=1S/C25H27N3O4S/c1-6-31-21-12-11-17(13-22(21)30-5)23-26-20(16(4)32-23)14-33-25-27-19-10-8-7-9-18(19)24(29)28(25)15(2)3/h7-13,15H,6,14H2,1-5H3. The Morgan fingerprint density at radius 3 is 2.64 bits per heavy atom. The molecular weight excluding hydrogens is 438 g/mol. The maximum atomic E-state index is 13.0. The van der Waals surface area contributed by atoms with Crippen molar-refractivity contribution in [2.24, 2.45) is 0 Å². The van der Waals surface area contributed by atoms with E-state index in [1.165, 1.54) is 11.8 Å². The van der Waals surface area contributed by atoms with Crippen LogP contribution in [0.4, 0.5) is 0 Å². The highest BCUT2D eigenvalue weighted by molar-refractivity contribution is 7.98. The Morgan fingerprint density at radius 2 is 1.91 bits per heavy atom. The van der Waals surface area contributed by atoms with Gasteiger partial charge in [0.25, 0.3) is 5.56 Å². The number of rotatable bonds is 8. The van der Waals surface area contributed by atoms with Crippen LogP contribution in [0.25, 0.3) is 22.4 Å². The van der Waals surface area contributed by atoms with E-state index in [1.807, 2.05) is 70.2 Å². The molecule has 0 unspecified atom stereocenters. The van der Waals surface area contributed by atoms with Crippen LogP contribution in [0.5, 0.6) is 11.5 Å². The quantitative estimate of drug-likeness (QED) is 0.246.